The Morgan fingerprint density at radius 3 is 2.79 bits per heavy atom. The number of benzene rings is 1. The second-order valence-electron chi connectivity index (χ2n) is 5.77. The number of ether oxygens (including phenoxy) is 1. The van der Waals surface area contributed by atoms with Gasteiger partial charge in [0.15, 0.2) is 0 Å². The lowest BCUT2D eigenvalue weighted by Crippen LogP contribution is -2.36. The van der Waals surface area contributed by atoms with Crippen LogP contribution in [-0.4, -0.2) is 52.3 Å². The first-order valence-electron chi connectivity index (χ1n) is 8.19. The summed E-state index contributed by atoms with van der Waals surface area (Å²) in [6.45, 7) is 5.91. The maximum atomic E-state index is 11.6. The van der Waals surface area contributed by atoms with Crippen LogP contribution in [0.4, 0.5) is 0 Å². The van der Waals surface area contributed by atoms with Crippen LogP contribution in [0.2, 0.25) is 0 Å². The molecule has 2 N–H and O–H groups in total. The quantitative estimate of drug-likeness (QED) is 0.635. The predicted octanol–water partition coefficient (Wildman–Crippen LogP) is 1.82. The minimum Gasteiger partial charge on any atom is -0.379 e. The first-order valence-corrected chi connectivity index (χ1v) is 9.07. The summed E-state index contributed by atoms with van der Waals surface area (Å²) in [7, 11) is 0. The van der Waals surface area contributed by atoms with Crippen LogP contribution in [0, 0.1) is 0 Å². The zero-order chi connectivity index (χ0) is 16.9. The third-order valence-electron chi connectivity index (χ3n) is 4.03. The number of carbonyl (C=O) groups is 1. The molecule has 2 aromatic rings. The highest BCUT2D eigenvalue weighted by molar-refractivity contribution is 8.00. The van der Waals surface area contributed by atoms with E-state index in [1.165, 1.54) is 11.8 Å². The van der Waals surface area contributed by atoms with E-state index >= 15 is 0 Å². The van der Waals surface area contributed by atoms with Gasteiger partial charge in [0.05, 0.1) is 30.5 Å². The molecule has 24 heavy (non-hydrogen) atoms. The third-order valence-corrected chi connectivity index (χ3v) is 5.41. The average molecular weight is 346 g/mol. The predicted molar refractivity (Wildman–Crippen MR) is 94.8 cm³/mol. The molecule has 0 unspecified atom stereocenters. The number of nitrogens with zero attached hydrogens (tertiary/aromatic N) is 3. The van der Waals surface area contributed by atoms with Crippen molar-refractivity contribution in [3.8, 4) is 0 Å². The Kier molecular flexibility index (Phi) is 5.65. The van der Waals surface area contributed by atoms with Crippen LogP contribution in [0.15, 0.2) is 29.3 Å². The second kappa shape index (κ2) is 7.92. The van der Waals surface area contributed by atoms with Gasteiger partial charge in [-0.15, -0.1) is 0 Å². The number of amides is 1. The summed E-state index contributed by atoms with van der Waals surface area (Å²) in [5.74, 6) is 0.470. The molecule has 0 spiro atoms. The van der Waals surface area contributed by atoms with Gasteiger partial charge in [0.1, 0.15) is 10.9 Å². The molecule has 3 rings (SSSR count). The van der Waals surface area contributed by atoms with Crippen molar-refractivity contribution in [2.24, 2.45) is 5.73 Å². The minimum absolute atomic E-state index is 0.278. The molecule has 0 radical (unpaired) electrons. The number of hydrogen-bond donors (Lipinski definition) is 1. The van der Waals surface area contributed by atoms with Gasteiger partial charge < -0.3 is 10.5 Å². The SMILES string of the molecule is CC[C@H](Sc1nc(CN2CCOCC2)nc2ccccc12)C(N)=O. The van der Waals surface area contributed by atoms with Crippen molar-refractivity contribution in [2.45, 2.75) is 30.2 Å². The van der Waals surface area contributed by atoms with E-state index in [2.05, 4.69) is 9.88 Å². The van der Waals surface area contributed by atoms with E-state index < -0.39 is 0 Å². The van der Waals surface area contributed by atoms with Gasteiger partial charge in [0.25, 0.3) is 0 Å². The van der Waals surface area contributed by atoms with E-state index in [-0.39, 0.29) is 11.2 Å². The highest BCUT2D eigenvalue weighted by atomic mass is 32.2. The van der Waals surface area contributed by atoms with Crippen LogP contribution in [-0.2, 0) is 16.1 Å². The highest BCUT2D eigenvalue weighted by Crippen LogP contribution is 2.30. The zero-order valence-corrected chi connectivity index (χ0v) is 14.6. The molecule has 0 aliphatic carbocycles. The molecule has 6 nitrogen and oxygen atoms in total. The molecular weight excluding hydrogens is 324 g/mol. The fourth-order valence-electron chi connectivity index (χ4n) is 2.69. The van der Waals surface area contributed by atoms with Crippen LogP contribution in [0.5, 0.6) is 0 Å². The molecule has 128 valence electrons. The van der Waals surface area contributed by atoms with Crippen LogP contribution >= 0.6 is 11.8 Å². The zero-order valence-electron chi connectivity index (χ0n) is 13.8. The summed E-state index contributed by atoms with van der Waals surface area (Å²) in [5, 5.41) is 1.52. The number of carbonyl (C=O) groups excluding carboxylic acids is 1. The third kappa shape index (κ3) is 4.03. The van der Waals surface area contributed by atoms with Crippen molar-refractivity contribution in [1.29, 1.82) is 0 Å². The first kappa shape index (κ1) is 17.1. The summed E-state index contributed by atoms with van der Waals surface area (Å²) < 4.78 is 5.39. The molecule has 1 atom stereocenters. The van der Waals surface area contributed by atoms with Crippen LogP contribution in [0.3, 0.4) is 0 Å². The molecular formula is C17H22N4O2S. The van der Waals surface area contributed by atoms with E-state index in [4.69, 9.17) is 15.5 Å². The molecule has 1 amide bonds. The Morgan fingerprint density at radius 1 is 1.33 bits per heavy atom. The van der Waals surface area contributed by atoms with Crippen molar-refractivity contribution in [3.05, 3.63) is 30.1 Å². The number of hydrogen-bond acceptors (Lipinski definition) is 6. The molecule has 1 aliphatic heterocycles. The van der Waals surface area contributed by atoms with Crippen molar-refractivity contribution >= 4 is 28.6 Å². The average Bonchev–Trinajstić information content (AvgIpc) is 2.60. The number of nitrogens with two attached hydrogens (primary N) is 1. The van der Waals surface area contributed by atoms with Gasteiger partial charge >= 0.3 is 0 Å². The maximum absolute atomic E-state index is 11.6. The van der Waals surface area contributed by atoms with Gasteiger partial charge in [-0.05, 0) is 12.5 Å². The Hall–Kier alpha value is -1.70. The number of primary amides is 1. The molecule has 1 saturated heterocycles. The van der Waals surface area contributed by atoms with Gasteiger partial charge in [-0.1, -0.05) is 36.9 Å². The van der Waals surface area contributed by atoms with Crippen LogP contribution < -0.4 is 5.73 Å². The van der Waals surface area contributed by atoms with Crippen LogP contribution in [0.25, 0.3) is 10.9 Å². The molecule has 2 heterocycles. The largest absolute Gasteiger partial charge is 0.379 e. The minimum atomic E-state index is -0.306. The molecule has 1 aliphatic rings. The van der Waals surface area contributed by atoms with E-state index in [1.807, 2.05) is 31.2 Å². The Bertz CT molecular complexity index is 719. The lowest BCUT2D eigenvalue weighted by atomic mass is 10.2. The summed E-state index contributed by atoms with van der Waals surface area (Å²) in [6, 6.07) is 7.90. The second-order valence-corrected chi connectivity index (χ2v) is 6.96. The Morgan fingerprint density at radius 2 is 2.08 bits per heavy atom. The monoisotopic (exact) mass is 346 g/mol. The molecule has 7 heteroatoms. The van der Waals surface area contributed by atoms with Crippen LogP contribution in [0.1, 0.15) is 19.2 Å². The molecule has 1 aromatic heterocycles. The molecule has 1 aromatic carbocycles. The number of morpholine rings is 1. The Labute approximate surface area is 145 Å². The summed E-state index contributed by atoms with van der Waals surface area (Å²) in [4.78, 5) is 23.3. The standard InChI is InChI=1S/C17H22N4O2S/c1-2-14(16(18)22)24-17-12-5-3-4-6-13(12)19-15(20-17)11-21-7-9-23-10-8-21/h3-6,14H,2,7-11H2,1H3,(H2,18,22)/t14-/m0/s1. The fraction of sp³-hybridized carbons (Fsp3) is 0.471. The number of thioether (sulfide) groups is 1. The Balaban J connectivity index is 1.91. The molecule has 1 fully saturated rings. The van der Waals surface area contributed by atoms with E-state index in [1.54, 1.807) is 0 Å². The van der Waals surface area contributed by atoms with Crippen molar-refractivity contribution in [2.75, 3.05) is 26.3 Å². The summed E-state index contributed by atoms with van der Waals surface area (Å²) >= 11 is 1.43. The number of rotatable bonds is 6. The van der Waals surface area contributed by atoms with Crippen molar-refractivity contribution in [1.82, 2.24) is 14.9 Å². The summed E-state index contributed by atoms with van der Waals surface area (Å²) in [5.41, 5.74) is 6.40. The maximum Gasteiger partial charge on any atom is 0.230 e. The fourth-order valence-corrected chi connectivity index (χ4v) is 3.70. The van der Waals surface area contributed by atoms with Gasteiger partial charge in [-0.25, -0.2) is 9.97 Å². The normalized spacial score (nSPS) is 17.0. The molecule has 0 bridgehead atoms. The number of aromatic nitrogens is 2. The summed E-state index contributed by atoms with van der Waals surface area (Å²) in [6.07, 6.45) is 0.678. The number of para-hydroxylation sites is 1. The van der Waals surface area contributed by atoms with Gasteiger partial charge in [0, 0.05) is 18.5 Å². The molecule has 0 saturated carbocycles. The van der Waals surface area contributed by atoms with Crippen molar-refractivity contribution in [3.63, 3.8) is 0 Å². The van der Waals surface area contributed by atoms with Gasteiger partial charge in [-0.3, -0.25) is 9.69 Å². The van der Waals surface area contributed by atoms with Gasteiger partial charge in [0.2, 0.25) is 5.91 Å². The lowest BCUT2D eigenvalue weighted by Gasteiger charge is -2.26. The van der Waals surface area contributed by atoms with Gasteiger partial charge in [-0.2, -0.15) is 0 Å². The lowest BCUT2D eigenvalue weighted by molar-refractivity contribution is -0.117. The van der Waals surface area contributed by atoms with E-state index in [0.29, 0.717) is 13.0 Å². The van der Waals surface area contributed by atoms with E-state index in [0.717, 1.165) is 48.1 Å². The van der Waals surface area contributed by atoms with Crippen molar-refractivity contribution < 1.29 is 9.53 Å². The highest BCUT2D eigenvalue weighted by Gasteiger charge is 2.19. The topological polar surface area (TPSA) is 81.3 Å². The van der Waals surface area contributed by atoms with E-state index in [9.17, 15) is 4.79 Å². The first-order chi connectivity index (χ1) is 11.7. The number of fused-ring (bicyclic) bond motifs is 1. The smallest absolute Gasteiger partial charge is 0.230 e.